The van der Waals surface area contributed by atoms with E-state index in [0.29, 0.717) is 17.1 Å². The van der Waals surface area contributed by atoms with Crippen molar-refractivity contribution >= 4 is 49.7 Å². The molecular weight excluding hydrogens is 368 g/mol. The van der Waals surface area contributed by atoms with Crippen molar-refractivity contribution in [2.75, 3.05) is 18.4 Å². The van der Waals surface area contributed by atoms with E-state index in [0.717, 1.165) is 29.9 Å². The predicted octanol–water partition coefficient (Wildman–Crippen LogP) is 1.82. The molecule has 4 rings (SSSR count). The Hall–Kier alpha value is -2.29. The van der Waals surface area contributed by atoms with Crippen molar-refractivity contribution in [1.82, 2.24) is 4.98 Å². The van der Waals surface area contributed by atoms with Crippen LogP contribution in [0.2, 0.25) is 0 Å². The zero-order chi connectivity index (χ0) is 18.1. The molecule has 2 atom stereocenters. The van der Waals surface area contributed by atoms with Gasteiger partial charge in [0, 0.05) is 12.8 Å². The summed E-state index contributed by atoms with van der Waals surface area (Å²) in [5, 5.41) is 6.21. The van der Waals surface area contributed by atoms with E-state index in [-0.39, 0.29) is 11.9 Å². The van der Waals surface area contributed by atoms with Crippen molar-refractivity contribution in [3.05, 3.63) is 46.3 Å². The van der Waals surface area contributed by atoms with Gasteiger partial charge >= 0.3 is 0 Å². The third-order valence-electron chi connectivity index (χ3n) is 4.66. The highest BCUT2D eigenvalue weighted by atomic mass is 32.1. The van der Waals surface area contributed by atoms with E-state index in [9.17, 15) is 9.59 Å². The largest absolute Gasteiger partial charge is 0.366 e. The molecule has 1 aromatic carbocycles. The van der Waals surface area contributed by atoms with Gasteiger partial charge in [0.05, 0.1) is 22.3 Å². The molecule has 1 fully saturated rings. The number of anilines is 1. The maximum atomic E-state index is 12.5. The van der Waals surface area contributed by atoms with Crippen molar-refractivity contribution in [1.29, 1.82) is 0 Å². The Morgan fingerprint density at radius 2 is 2.15 bits per heavy atom. The number of primary amides is 1. The second-order valence-electron chi connectivity index (χ2n) is 6.38. The van der Waals surface area contributed by atoms with E-state index in [1.807, 2.05) is 18.2 Å². The Balaban J connectivity index is 1.47. The summed E-state index contributed by atoms with van der Waals surface area (Å²) in [6, 6.07) is 10.0. The maximum Gasteiger partial charge on any atom is 0.280 e. The zero-order valence-corrected chi connectivity index (χ0v) is 15.7. The lowest BCUT2D eigenvalue weighted by atomic mass is 10.2. The van der Waals surface area contributed by atoms with E-state index >= 15 is 0 Å². The van der Waals surface area contributed by atoms with Crippen LogP contribution in [0.15, 0.2) is 35.7 Å². The van der Waals surface area contributed by atoms with Crippen molar-refractivity contribution in [3.8, 4) is 0 Å². The van der Waals surface area contributed by atoms with E-state index in [2.05, 4.69) is 11.4 Å². The van der Waals surface area contributed by atoms with Crippen LogP contribution in [0.4, 0.5) is 5.00 Å². The van der Waals surface area contributed by atoms with Gasteiger partial charge in [-0.15, -0.1) is 22.7 Å². The Morgan fingerprint density at radius 3 is 2.96 bits per heavy atom. The van der Waals surface area contributed by atoms with Crippen molar-refractivity contribution in [2.24, 2.45) is 5.73 Å². The first-order valence-corrected chi connectivity index (χ1v) is 10.2. The van der Waals surface area contributed by atoms with Gasteiger partial charge in [0.15, 0.2) is 11.6 Å². The number of para-hydroxylation sites is 1. The Morgan fingerprint density at radius 1 is 1.31 bits per heavy atom. The van der Waals surface area contributed by atoms with Crippen molar-refractivity contribution in [3.63, 3.8) is 0 Å². The lowest BCUT2D eigenvalue weighted by Gasteiger charge is -2.19. The van der Waals surface area contributed by atoms with Crippen LogP contribution in [-0.4, -0.2) is 29.9 Å². The minimum absolute atomic E-state index is 0.0991. The Kier molecular flexibility index (Phi) is 4.71. The summed E-state index contributed by atoms with van der Waals surface area (Å²) >= 11 is 3.03. The number of nitrogens with zero attached hydrogens (tertiary/aromatic N) is 1. The van der Waals surface area contributed by atoms with E-state index in [4.69, 9.17) is 10.7 Å². The third-order valence-corrected chi connectivity index (χ3v) is 6.64. The standard InChI is InChI=1S/C18H18N4O2S2/c19-16(24)11-7-9-25-17(11)21-15(23)10-22-8-3-5-13(22)18-20-12-4-1-2-6-14(12)26-18/h1-2,4,6-7,9,13H,3,5,8,10H2,(H2,19,24)(H,21,23)/p+1/t13-/m0/s1. The van der Waals surface area contributed by atoms with Crippen LogP contribution < -0.4 is 16.0 Å². The highest BCUT2D eigenvalue weighted by Crippen LogP contribution is 2.28. The van der Waals surface area contributed by atoms with Crippen molar-refractivity contribution in [2.45, 2.75) is 18.9 Å². The highest BCUT2D eigenvalue weighted by molar-refractivity contribution is 7.18. The van der Waals surface area contributed by atoms with Gasteiger partial charge in [0.2, 0.25) is 0 Å². The molecule has 1 saturated heterocycles. The van der Waals surface area contributed by atoms with E-state index in [1.165, 1.54) is 20.9 Å². The van der Waals surface area contributed by atoms with Crippen LogP contribution in [-0.2, 0) is 4.79 Å². The average Bonchev–Trinajstić information content (AvgIpc) is 3.32. The summed E-state index contributed by atoms with van der Waals surface area (Å²) in [6.45, 7) is 1.30. The molecular formula is C18H19N4O2S2+. The topological polar surface area (TPSA) is 89.5 Å². The summed E-state index contributed by atoms with van der Waals surface area (Å²) in [4.78, 5) is 29.9. The number of nitrogens with two attached hydrogens (primary N) is 1. The van der Waals surface area contributed by atoms with Crippen LogP contribution in [0.3, 0.4) is 0 Å². The van der Waals surface area contributed by atoms with Gasteiger partial charge in [-0.2, -0.15) is 0 Å². The van der Waals surface area contributed by atoms with Crippen molar-refractivity contribution < 1.29 is 14.5 Å². The number of fused-ring (bicyclic) bond motifs is 1. The number of thiophene rings is 1. The molecule has 4 N–H and O–H groups in total. The van der Waals surface area contributed by atoms with Gasteiger partial charge in [-0.1, -0.05) is 12.1 Å². The molecule has 1 aliphatic heterocycles. The first kappa shape index (κ1) is 17.1. The summed E-state index contributed by atoms with van der Waals surface area (Å²) < 4.78 is 1.18. The van der Waals surface area contributed by atoms with Crippen LogP contribution in [0.5, 0.6) is 0 Å². The molecule has 2 aromatic heterocycles. The Labute approximate surface area is 158 Å². The minimum Gasteiger partial charge on any atom is -0.366 e. The van der Waals surface area contributed by atoms with Gasteiger partial charge in [-0.3, -0.25) is 9.59 Å². The number of rotatable bonds is 5. The molecule has 3 heterocycles. The zero-order valence-electron chi connectivity index (χ0n) is 14.0. The summed E-state index contributed by atoms with van der Waals surface area (Å²) in [6.07, 6.45) is 2.11. The quantitative estimate of drug-likeness (QED) is 0.624. The van der Waals surface area contributed by atoms with Crippen LogP contribution >= 0.6 is 22.7 Å². The number of hydrogen-bond acceptors (Lipinski definition) is 5. The van der Waals surface area contributed by atoms with Crippen LogP contribution in [0.25, 0.3) is 10.2 Å². The molecule has 134 valence electrons. The molecule has 3 aromatic rings. The fraction of sp³-hybridized carbons (Fsp3) is 0.278. The monoisotopic (exact) mass is 387 g/mol. The van der Waals surface area contributed by atoms with Gasteiger partial charge in [0.25, 0.3) is 11.8 Å². The molecule has 1 aliphatic rings. The predicted molar refractivity (Wildman–Crippen MR) is 104 cm³/mol. The number of quaternary nitrogens is 1. The van der Waals surface area contributed by atoms with Gasteiger partial charge in [-0.05, 0) is 23.6 Å². The first-order chi connectivity index (χ1) is 12.6. The lowest BCUT2D eigenvalue weighted by Crippen LogP contribution is -3.11. The SMILES string of the molecule is NC(=O)c1ccsc1NC(=O)C[NH+]1CCC[C@H]1c1nc2ccccc2s1. The second-order valence-corrected chi connectivity index (χ2v) is 8.35. The highest BCUT2D eigenvalue weighted by Gasteiger charge is 2.34. The normalized spacial score (nSPS) is 19.7. The molecule has 0 bridgehead atoms. The Bertz CT molecular complexity index is 932. The molecule has 0 spiro atoms. The number of nitrogens with one attached hydrogen (secondary N) is 2. The number of carbonyl (C=O) groups is 2. The number of likely N-dealkylation sites (tertiary alicyclic amines) is 1. The van der Waals surface area contributed by atoms with E-state index < -0.39 is 5.91 Å². The summed E-state index contributed by atoms with van der Waals surface area (Å²) in [7, 11) is 0. The number of thiazole rings is 1. The number of amides is 2. The summed E-state index contributed by atoms with van der Waals surface area (Å²) in [5.74, 6) is -0.625. The molecule has 0 aliphatic carbocycles. The third kappa shape index (κ3) is 3.35. The second kappa shape index (κ2) is 7.14. The molecule has 6 nitrogen and oxygen atoms in total. The fourth-order valence-electron chi connectivity index (χ4n) is 3.44. The number of benzene rings is 1. The molecule has 2 amide bonds. The fourth-order valence-corrected chi connectivity index (χ4v) is 5.41. The molecule has 8 heteroatoms. The van der Waals surface area contributed by atoms with Gasteiger partial charge in [0.1, 0.15) is 11.0 Å². The van der Waals surface area contributed by atoms with E-state index in [1.54, 1.807) is 22.8 Å². The number of hydrogen-bond donors (Lipinski definition) is 3. The first-order valence-electron chi connectivity index (χ1n) is 8.49. The smallest absolute Gasteiger partial charge is 0.280 e. The van der Waals surface area contributed by atoms with Gasteiger partial charge < -0.3 is 16.0 Å². The number of carbonyl (C=O) groups excluding carboxylic acids is 2. The van der Waals surface area contributed by atoms with Gasteiger partial charge in [-0.25, -0.2) is 4.98 Å². The molecule has 0 saturated carbocycles. The van der Waals surface area contributed by atoms with Crippen LogP contribution in [0.1, 0.15) is 34.2 Å². The molecule has 1 unspecified atom stereocenters. The van der Waals surface area contributed by atoms with Crippen LogP contribution in [0, 0.1) is 0 Å². The number of aromatic nitrogens is 1. The molecule has 26 heavy (non-hydrogen) atoms. The maximum absolute atomic E-state index is 12.5. The minimum atomic E-state index is -0.526. The summed E-state index contributed by atoms with van der Waals surface area (Å²) in [5.41, 5.74) is 6.72. The molecule has 0 radical (unpaired) electrons. The lowest BCUT2D eigenvalue weighted by molar-refractivity contribution is -0.910. The average molecular weight is 388 g/mol.